The fraction of sp³-hybridized carbons (Fsp3) is 0.267. The van der Waals surface area contributed by atoms with Gasteiger partial charge in [0.25, 0.3) is 0 Å². The summed E-state index contributed by atoms with van der Waals surface area (Å²) in [6, 6.07) is 11.5. The predicted molar refractivity (Wildman–Crippen MR) is 73.4 cm³/mol. The molecule has 2 aromatic rings. The minimum absolute atomic E-state index is 0.318. The number of hydrogen-bond donors (Lipinski definition) is 0. The van der Waals surface area contributed by atoms with Crippen molar-refractivity contribution in [1.82, 2.24) is 4.57 Å². The molecule has 0 fully saturated rings. The van der Waals surface area contributed by atoms with E-state index in [1.54, 1.807) is 13.2 Å². The minimum atomic E-state index is -0.318. The largest absolute Gasteiger partial charge is 0.497 e. The van der Waals surface area contributed by atoms with Crippen LogP contribution in [0.5, 0.6) is 5.75 Å². The van der Waals surface area contributed by atoms with Gasteiger partial charge in [-0.15, -0.1) is 0 Å². The van der Waals surface area contributed by atoms with Crippen LogP contribution in [-0.4, -0.2) is 24.8 Å². The summed E-state index contributed by atoms with van der Waals surface area (Å²) in [6.07, 6.45) is 0. The highest BCUT2D eigenvalue weighted by Crippen LogP contribution is 2.25. The van der Waals surface area contributed by atoms with Gasteiger partial charge in [0.15, 0.2) is 0 Å². The van der Waals surface area contributed by atoms with Crippen molar-refractivity contribution in [2.24, 2.45) is 0 Å². The number of esters is 1. The van der Waals surface area contributed by atoms with Gasteiger partial charge in [0.2, 0.25) is 0 Å². The Hall–Kier alpha value is -2.23. The van der Waals surface area contributed by atoms with Crippen LogP contribution in [0.15, 0.2) is 36.4 Å². The van der Waals surface area contributed by atoms with E-state index in [1.807, 2.05) is 41.8 Å². The normalized spacial score (nSPS) is 10.3. The Morgan fingerprint density at radius 1 is 1.11 bits per heavy atom. The van der Waals surface area contributed by atoms with Crippen molar-refractivity contribution < 1.29 is 14.3 Å². The molecule has 0 N–H and O–H groups in total. The molecule has 0 aliphatic rings. The summed E-state index contributed by atoms with van der Waals surface area (Å²) in [4.78, 5) is 11.7. The fourth-order valence-electron chi connectivity index (χ4n) is 2.10. The Bertz CT molecular complexity index is 570. The molecule has 19 heavy (non-hydrogen) atoms. The molecule has 4 heteroatoms. The smallest absolute Gasteiger partial charge is 0.354 e. The lowest BCUT2D eigenvalue weighted by Gasteiger charge is -2.10. The number of carbonyl (C=O) groups is 1. The average molecular weight is 259 g/mol. The van der Waals surface area contributed by atoms with Gasteiger partial charge < -0.3 is 14.0 Å². The molecule has 0 amide bonds. The predicted octanol–water partition coefficient (Wildman–Crippen LogP) is 2.97. The lowest BCUT2D eigenvalue weighted by molar-refractivity contribution is 0.0589. The van der Waals surface area contributed by atoms with Crippen molar-refractivity contribution in [3.05, 3.63) is 42.1 Å². The van der Waals surface area contributed by atoms with Gasteiger partial charge in [-0.2, -0.15) is 0 Å². The fourth-order valence-corrected chi connectivity index (χ4v) is 2.10. The molecule has 0 aliphatic heterocycles. The summed E-state index contributed by atoms with van der Waals surface area (Å²) < 4.78 is 11.9. The van der Waals surface area contributed by atoms with E-state index in [9.17, 15) is 4.79 Å². The van der Waals surface area contributed by atoms with Crippen LogP contribution < -0.4 is 4.74 Å². The van der Waals surface area contributed by atoms with Crippen LogP contribution >= 0.6 is 0 Å². The number of aromatic nitrogens is 1. The maximum atomic E-state index is 11.7. The molecule has 100 valence electrons. The Morgan fingerprint density at radius 2 is 1.79 bits per heavy atom. The zero-order valence-corrected chi connectivity index (χ0v) is 11.3. The highest BCUT2D eigenvalue weighted by atomic mass is 16.5. The van der Waals surface area contributed by atoms with Crippen LogP contribution in [0, 0.1) is 0 Å². The molecule has 1 aromatic heterocycles. The van der Waals surface area contributed by atoms with Gasteiger partial charge >= 0.3 is 5.97 Å². The van der Waals surface area contributed by atoms with Gasteiger partial charge in [0.05, 0.1) is 14.2 Å². The highest BCUT2D eigenvalue weighted by molar-refractivity contribution is 5.89. The number of benzene rings is 1. The first-order valence-corrected chi connectivity index (χ1v) is 6.13. The van der Waals surface area contributed by atoms with Gasteiger partial charge in [0.1, 0.15) is 11.4 Å². The molecule has 1 aromatic carbocycles. The third-order valence-electron chi connectivity index (χ3n) is 3.08. The van der Waals surface area contributed by atoms with E-state index in [-0.39, 0.29) is 5.97 Å². The second-order valence-corrected chi connectivity index (χ2v) is 4.07. The van der Waals surface area contributed by atoms with E-state index in [1.165, 1.54) is 7.11 Å². The number of nitrogens with zero attached hydrogens (tertiary/aromatic N) is 1. The van der Waals surface area contributed by atoms with Crippen LogP contribution in [0.3, 0.4) is 0 Å². The lowest BCUT2D eigenvalue weighted by atomic mass is 10.1. The van der Waals surface area contributed by atoms with Gasteiger partial charge in [-0.1, -0.05) is 0 Å². The van der Waals surface area contributed by atoms with Gasteiger partial charge in [0, 0.05) is 12.2 Å². The monoisotopic (exact) mass is 259 g/mol. The Kier molecular flexibility index (Phi) is 3.90. The summed E-state index contributed by atoms with van der Waals surface area (Å²) in [5, 5.41) is 0. The lowest BCUT2D eigenvalue weighted by Crippen LogP contribution is -2.10. The van der Waals surface area contributed by atoms with Crippen molar-refractivity contribution >= 4 is 5.97 Å². The summed E-state index contributed by atoms with van der Waals surface area (Å²) in [7, 11) is 3.03. The molecule has 1 heterocycles. The maximum Gasteiger partial charge on any atom is 0.354 e. The van der Waals surface area contributed by atoms with E-state index >= 15 is 0 Å². The first kappa shape index (κ1) is 13.2. The van der Waals surface area contributed by atoms with Crippen molar-refractivity contribution in [3.8, 4) is 17.0 Å². The molecule has 4 nitrogen and oxygen atoms in total. The van der Waals surface area contributed by atoms with Gasteiger partial charge in [-0.3, -0.25) is 0 Å². The maximum absolute atomic E-state index is 11.7. The number of hydrogen-bond acceptors (Lipinski definition) is 3. The summed E-state index contributed by atoms with van der Waals surface area (Å²) in [5.41, 5.74) is 2.60. The second-order valence-electron chi connectivity index (χ2n) is 4.07. The molecule has 0 saturated carbocycles. The van der Waals surface area contributed by atoms with Gasteiger partial charge in [-0.05, 0) is 48.9 Å². The van der Waals surface area contributed by atoms with E-state index in [4.69, 9.17) is 9.47 Å². The zero-order chi connectivity index (χ0) is 13.8. The van der Waals surface area contributed by atoms with Gasteiger partial charge in [-0.25, -0.2) is 4.79 Å². The molecular formula is C15H17NO3. The molecule has 0 saturated heterocycles. The third kappa shape index (κ3) is 2.47. The summed E-state index contributed by atoms with van der Waals surface area (Å²) in [5.74, 6) is 0.494. The van der Waals surface area contributed by atoms with Crippen molar-refractivity contribution in [2.75, 3.05) is 14.2 Å². The van der Waals surface area contributed by atoms with E-state index in [2.05, 4.69) is 0 Å². The standard InChI is InChI=1S/C15H17NO3/c1-4-16-13(9-10-14(16)15(17)19-3)11-5-7-12(18-2)8-6-11/h5-10H,4H2,1-3H3. The first-order valence-electron chi connectivity index (χ1n) is 6.13. The van der Waals surface area contributed by atoms with Crippen LogP contribution in [0.25, 0.3) is 11.3 Å². The zero-order valence-electron chi connectivity index (χ0n) is 11.3. The number of carbonyl (C=O) groups excluding carboxylic acids is 1. The Morgan fingerprint density at radius 3 is 2.32 bits per heavy atom. The van der Waals surface area contributed by atoms with Crippen LogP contribution in [-0.2, 0) is 11.3 Å². The molecule has 0 unspecified atom stereocenters. The Labute approximate surface area is 112 Å². The number of ether oxygens (including phenoxy) is 2. The van der Waals surface area contributed by atoms with Crippen molar-refractivity contribution in [2.45, 2.75) is 13.5 Å². The molecule has 0 atom stereocenters. The molecule has 0 radical (unpaired) electrons. The van der Waals surface area contributed by atoms with Crippen molar-refractivity contribution in [1.29, 1.82) is 0 Å². The van der Waals surface area contributed by atoms with Crippen LogP contribution in [0.4, 0.5) is 0 Å². The molecule has 2 rings (SSSR count). The molecular weight excluding hydrogens is 242 g/mol. The summed E-state index contributed by atoms with van der Waals surface area (Å²) in [6.45, 7) is 2.71. The number of rotatable bonds is 4. The van der Waals surface area contributed by atoms with E-state index in [0.717, 1.165) is 17.0 Å². The highest BCUT2D eigenvalue weighted by Gasteiger charge is 2.15. The average Bonchev–Trinajstić information content (AvgIpc) is 2.90. The van der Waals surface area contributed by atoms with E-state index in [0.29, 0.717) is 12.2 Å². The Balaban J connectivity index is 2.44. The topological polar surface area (TPSA) is 40.5 Å². The molecule has 0 bridgehead atoms. The third-order valence-corrected chi connectivity index (χ3v) is 3.08. The first-order chi connectivity index (χ1) is 9.21. The van der Waals surface area contributed by atoms with Crippen molar-refractivity contribution in [3.63, 3.8) is 0 Å². The molecule has 0 spiro atoms. The quantitative estimate of drug-likeness (QED) is 0.792. The number of methoxy groups -OCH3 is 2. The SMILES string of the molecule is CCn1c(C(=O)OC)ccc1-c1ccc(OC)cc1. The van der Waals surface area contributed by atoms with Crippen LogP contribution in [0.2, 0.25) is 0 Å². The van der Waals surface area contributed by atoms with Crippen LogP contribution in [0.1, 0.15) is 17.4 Å². The summed E-state index contributed by atoms with van der Waals surface area (Å²) >= 11 is 0. The minimum Gasteiger partial charge on any atom is -0.497 e. The molecule has 0 aliphatic carbocycles. The second kappa shape index (κ2) is 5.61. The van der Waals surface area contributed by atoms with E-state index < -0.39 is 0 Å².